The Morgan fingerprint density at radius 3 is 2.94 bits per heavy atom. The van der Waals surface area contributed by atoms with E-state index in [9.17, 15) is 9.65 Å². The molecule has 0 radical (unpaired) electrons. The Bertz CT molecular complexity index is 1170. The van der Waals surface area contributed by atoms with E-state index in [4.69, 9.17) is 10.5 Å². The molecule has 0 spiro atoms. The zero-order chi connectivity index (χ0) is 22.8. The van der Waals surface area contributed by atoms with Gasteiger partial charge in [-0.1, -0.05) is 6.07 Å². The van der Waals surface area contributed by atoms with Gasteiger partial charge in [-0.2, -0.15) is 10.4 Å². The highest BCUT2D eigenvalue weighted by Gasteiger charge is 2.29. The van der Waals surface area contributed by atoms with E-state index in [1.807, 2.05) is 19.1 Å². The van der Waals surface area contributed by atoms with Gasteiger partial charge in [-0.25, -0.2) is 9.37 Å². The molecule has 3 heterocycles. The fraction of sp³-hybridized carbons (Fsp3) is 0.348. The third-order valence-corrected chi connectivity index (χ3v) is 6.22. The zero-order valence-electron chi connectivity index (χ0n) is 17.9. The maximum absolute atomic E-state index is 14.2. The van der Waals surface area contributed by atoms with Crippen LogP contribution in [0.2, 0.25) is 0 Å². The molecule has 166 valence electrons. The lowest BCUT2D eigenvalue weighted by Crippen LogP contribution is -2.24. The summed E-state index contributed by atoms with van der Waals surface area (Å²) >= 11 is 3.38. The second-order valence-corrected chi connectivity index (χ2v) is 8.87. The first-order valence-corrected chi connectivity index (χ1v) is 11.2. The normalized spacial score (nSPS) is 17.3. The second kappa shape index (κ2) is 9.27. The van der Waals surface area contributed by atoms with Crippen LogP contribution in [0.25, 0.3) is 0 Å². The van der Waals surface area contributed by atoms with Crippen LogP contribution in [0, 0.1) is 17.1 Å². The van der Waals surface area contributed by atoms with Gasteiger partial charge >= 0.3 is 0 Å². The Kier molecular flexibility index (Phi) is 6.44. The molecule has 9 heteroatoms. The minimum absolute atomic E-state index is 0.113. The monoisotopic (exact) mass is 498 g/mol. The highest BCUT2D eigenvalue weighted by molar-refractivity contribution is 9.10. The van der Waals surface area contributed by atoms with Gasteiger partial charge in [0.05, 0.1) is 11.7 Å². The predicted octanol–water partition coefficient (Wildman–Crippen LogP) is 4.65. The number of halogens is 2. The summed E-state index contributed by atoms with van der Waals surface area (Å²) in [7, 11) is 1.78. The van der Waals surface area contributed by atoms with Gasteiger partial charge in [-0.15, -0.1) is 0 Å². The largest absolute Gasteiger partial charge is 0.482 e. The third kappa shape index (κ3) is 4.61. The molecule has 0 amide bonds. The van der Waals surface area contributed by atoms with Gasteiger partial charge in [0.15, 0.2) is 11.6 Å². The fourth-order valence-corrected chi connectivity index (χ4v) is 4.50. The minimum atomic E-state index is -0.430. The molecular weight excluding hydrogens is 475 g/mol. The number of hydrogen-bond donors (Lipinski definition) is 1. The number of aromatic nitrogens is 3. The molecule has 2 aromatic heterocycles. The van der Waals surface area contributed by atoms with E-state index in [1.54, 1.807) is 24.0 Å². The van der Waals surface area contributed by atoms with Crippen molar-refractivity contribution in [2.75, 3.05) is 12.3 Å². The van der Waals surface area contributed by atoms with Gasteiger partial charge in [0.25, 0.3) is 0 Å². The Morgan fingerprint density at radius 2 is 2.19 bits per heavy atom. The number of nitrogen functional groups attached to an aromatic ring is 1. The predicted molar refractivity (Wildman–Crippen MR) is 122 cm³/mol. The van der Waals surface area contributed by atoms with Crippen LogP contribution in [0.5, 0.6) is 5.75 Å². The number of rotatable bonds is 6. The first-order chi connectivity index (χ1) is 15.4. The van der Waals surface area contributed by atoms with Gasteiger partial charge in [-0.05, 0) is 77.6 Å². The van der Waals surface area contributed by atoms with Crippen molar-refractivity contribution in [2.24, 2.45) is 7.05 Å². The van der Waals surface area contributed by atoms with Crippen LogP contribution >= 0.6 is 15.9 Å². The lowest BCUT2D eigenvalue weighted by Gasteiger charge is -2.26. The van der Waals surface area contributed by atoms with E-state index in [0.29, 0.717) is 18.0 Å². The zero-order valence-corrected chi connectivity index (χ0v) is 19.5. The van der Waals surface area contributed by atoms with Crippen LogP contribution in [0.1, 0.15) is 54.4 Å². The fourth-order valence-electron chi connectivity index (χ4n) is 4.19. The van der Waals surface area contributed by atoms with Gasteiger partial charge in [0.1, 0.15) is 23.7 Å². The summed E-state index contributed by atoms with van der Waals surface area (Å²) in [6.07, 6.45) is 3.17. The van der Waals surface area contributed by atoms with Crippen LogP contribution in [0.4, 0.5) is 10.2 Å². The molecule has 0 aliphatic carbocycles. The van der Waals surface area contributed by atoms with E-state index < -0.39 is 6.10 Å². The molecule has 7 nitrogen and oxygen atoms in total. The van der Waals surface area contributed by atoms with Crippen LogP contribution < -0.4 is 10.5 Å². The number of nitriles is 1. The third-order valence-electron chi connectivity index (χ3n) is 5.79. The summed E-state index contributed by atoms with van der Waals surface area (Å²) in [4.78, 5) is 6.42. The minimum Gasteiger partial charge on any atom is -0.482 e. The summed E-state index contributed by atoms with van der Waals surface area (Å²) in [5.74, 6) is 0.403. The molecular formula is C23H24BrFN6O. The van der Waals surface area contributed by atoms with Crippen LogP contribution in [-0.2, 0) is 13.6 Å². The van der Waals surface area contributed by atoms with Crippen LogP contribution in [0.3, 0.4) is 0 Å². The average Bonchev–Trinajstić information content (AvgIpc) is 3.37. The second-order valence-electron chi connectivity index (χ2n) is 7.96. The number of aryl methyl sites for hydroxylation is 1. The Balaban J connectivity index is 1.59. The number of pyridine rings is 1. The van der Waals surface area contributed by atoms with Crippen molar-refractivity contribution in [3.8, 4) is 11.8 Å². The topological polar surface area (TPSA) is 93.0 Å². The summed E-state index contributed by atoms with van der Waals surface area (Å²) in [6, 6.07) is 10.7. The summed E-state index contributed by atoms with van der Waals surface area (Å²) in [5.41, 5.74) is 9.12. The van der Waals surface area contributed by atoms with Gasteiger partial charge in [0, 0.05) is 24.3 Å². The molecule has 32 heavy (non-hydrogen) atoms. The first kappa shape index (κ1) is 22.2. The van der Waals surface area contributed by atoms with Crippen LogP contribution in [0.15, 0.2) is 41.0 Å². The lowest BCUT2D eigenvalue weighted by atomic mass is 10.0. The first-order valence-electron chi connectivity index (χ1n) is 10.4. The smallest absolute Gasteiger partial charge is 0.166 e. The number of hydrogen-bond acceptors (Lipinski definition) is 6. The van der Waals surface area contributed by atoms with Gasteiger partial charge < -0.3 is 10.5 Å². The highest BCUT2D eigenvalue weighted by atomic mass is 79.9. The van der Waals surface area contributed by atoms with Gasteiger partial charge in [0.2, 0.25) is 0 Å². The molecule has 3 aromatic rings. The molecule has 1 aliphatic heterocycles. The quantitative estimate of drug-likeness (QED) is 0.531. The van der Waals surface area contributed by atoms with Crippen LogP contribution in [-0.4, -0.2) is 26.2 Å². The number of nitrogens with zero attached hydrogens (tertiary/aromatic N) is 5. The molecule has 1 fully saturated rings. The van der Waals surface area contributed by atoms with E-state index >= 15 is 0 Å². The molecule has 1 saturated heterocycles. The van der Waals surface area contributed by atoms with E-state index in [0.717, 1.165) is 40.7 Å². The van der Waals surface area contributed by atoms with Crippen molar-refractivity contribution >= 4 is 21.7 Å². The number of ether oxygens (including phenoxy) is 1. The Morgan fingerprint density at radius 1 is 1.38 bits per heavy atom. The summed E-state index contributed by atoms with van der Waals surface area (Å²) in [5, 5.41) is 13.8. The molecule has 4 rings (SSSR count). The molecule has 0 saturated carbocycles. The molecule has 2 unspecified atom stereocenters. The van der Waals surface area contributed by atoms with Crippen molar-refractivity contribution in [3.05, 3.63) is 69.3 Å². The molecule has 2 atom stereocenters. The average molecular weight is 499 g/mol. The summed E-state index contributed by atoms with van der Waals surface area (Å²) in [6.45, 7) is 3.40. The molecule has 2 N–H and O–H groups in total. The highest BCUT2D eigenvalue weighted by Crippen LogP contribution is 2.35. The van der Waals surface area contributed by atoms with E-state index in [1.165, 1.54) is 12.1 Å². The van der Waals surface area contributed by atoms with Crippen molar-refractivity contribution in [2.45, 2.75) is 38.5 Å². The number of likely N-dealkylation sites (tertiary alicyclic amines) is 1. The van der Waals surface area contributed by atoms with Crippen molar-refractivity contribution < 1.29 is 9.13 Å². The Hall–Kier alpha value is -2.96. The van der Waals surface area contributed by atoms with E-state index in [2.05, 4.69) is 37.0 Å². The Labute approximate surface area is 194 Å². The summed E-state index contributed by atoms with van der Waals surface area (Å²) < 4.78 is 22.6. The van der Waals surface area contributed by atoms with E-state index in [-0.39, 0.29) is 17.7 Å². The number of benzene rings is 1. The van der Waals surface area contributed by atoms with Gasteiger partial charge in [-0.3, -0.25) is 9.58 Å². The van der Waals surface area contributed by atoms with Crippen molar-refractivity contribution in [1.82, 2.24) is 19.7 Å². The number of anilines is 1. The number of nitrogens with two attached hydrogens (primary N) is 1. The lowest BCUT2D eigenvalue weighted by molar-refractivity contribution is 0.215. The standard InChI is InChI=1S/C23H24BrFN6O/c1-14(32-22-8-16(24)12-28-23(22)27)19-9-17(25)6-5-15(19)13-31-7-3-4-21(31)20-10-18(11-26)30(2)29-20/h5-6,8-10,12,14,21H,3-4,7,13H2,1-2H3,(H2,27,28). The molecule has 1 aliphatic rings. The maximum Gasteiger partial charge on any atom is 0.166 e. The molecule has 0 bridgehead atoms. The molecule has 1 aromatic carbocycles. The maximum atomic E-state index is 14.2. The van der Waals surface area contributed by atoms with Crippen molar-refractivity contribution in [3.63, 3.8) is 0 Å². The van der Waals surface area contributed by atoms with Crippen molar-refractivity contribution in [1.29, 1.82) is 5.26 Å². The SMILES string of the molecule is CC(Oc1cc(Br)cnc1N)c1cc(F)ccc1CN1CCCC1c1cc(C#N)n(C)n1.